The molecule has 2 rings (SSSR count). The molecular weight excluding hydrogens is 438 g/mol. The maximum Gasteiger partial charge on any atom is 0.274 e. The molecular formula is C22H24F2N4O3S. The first kappa shape index (κ1) is 25.1. The van der Waals surface area contributed by atoms with Gasteiger partial charge in [-0.2, -0.15) is 0 Å². The van der Waals surface area contributed by atoms with Crippen LogP contribution in [0.3, 0.4) is 0 Å². The number of thioether (sulfide) groups is 1. The number of amides is 1. The molecule has 1 aromatic heterocycles. The van der Waals surface area contributed by atoms with Gasteiger partial charge >= 0.3 is 0 Å². The van der Waals surface area contributed by atoms with Crippen molar-refractivity contribution in [1.82, 2.24) is 4.98 Å². The number of ether oxygens (including phenoxy) is 2. The van der Waals surface area contributed by atoms with Crippen LogP contribution in [0.1, 0.15) is 23.0 Å². The SMILES string of the molecule is C#CCOc1ccc(C(=O)Nc2cc(F)c(F)c(C[C@](C)(COC)SC(N)=NC)c2)nc1. The molecule has 170 valence electrons. The molecule has 1 heterocycles. The number of nitrogens with one attached hydrogen (secondary N) is 1. The van der Waals surface area contributed by atoms with E-state index in [1.165, 1.54) is 50.3 Å². The van der Waals surface area contributed by atoms with Crippen molar-refractivity contribution < 1.29 is 23.0 Å². The van der Waals surface area contributed by atoms with Crippen molar-refractivity contribution in [2.24, 2.45) is 10.7 Å². The quantitative estimate of drug-likeness (QED) is 0.337. The Kier molecular flexibility index (Phi) is 8.99. The van der Waals surface area contributed by atoms with Gasteiger partial charge in [0.25, 0.3) is 5.91 Å². The molecule has 0 fully saturated rings. The largest absolute Gasteiger partial charge is 0.479 e. The summed E-state index contributed by atoms with van der Waals surface area (Å²) in [4.78, 5) is 20.4. The molecule has 1 aromatic carbocycles. The molecule has 0 unspecified atom stereocenters. The maximum atomic E-state index is 14.5. The summed E-state index contributed by atoms with van der Waals surface area (Å²) < 4.78 is 38.6. The van der Waals surface area contributed by atoms with E-state index >= 15 is 0 Å². The van der Waals surface area contributed by atoms with E-state index in [2.05, 4.69) is 21.2 Å². The Morgan fingerprint density at radius 2 is 2.16 bits per heavy atom. The molecule has 1 atom stereocenters. The number of halogens is 2. The maximum absolute atomic E-state index is 14.5. The minimum atomic E-state index is -1.09. The number of aliphatic imine (C=N–C) groups is 1. The molecule has 32 heavy (non-hydrogen) atoms. The molecule has 3 N–H and O–H groups in total. The van der Waals surface area contributed by atoms with E-state index in [1.54, 1.807) is 6.92 Å². The topological polar surface area (TPSA) is 98.8 Å². The van der Waals surface area contributed by atoms with Crippen LogP contribution in [0.2, 0.25) is 0 Å². The molecule has 0 radical (unpaired) electrons. The number of hydrogen-bond donors (Lipinski definition) is 2. The smallest absolute Gasteiger partial charge is 0.274 e. The second-order valence-corrected chi connectivity index (χ2v) is 8.59. The van der Waals surface area contributed by atoms with Crippen LogP contribution in [0, 0.1) is 24.0 Å². The second-order valence-electron chi connectivity index (χ2n) is 6.98. The van der Waals surface area contributed by atoms with Crippen molar-refractivity contribution in [3.8, 4) is 18.1 Å². The van der Waals surface area contributed by atoms with Crippen molar-refractivity contribution in [3.63, 3.8) is 0 Å². The predicted octanol–water partition coefficient (Wildman–Crippen LogP) is 3.25. The van der Waals surface area contributed by atoms with Crippen LogP contribution in [0.15, 0.2) is 35.5 Å². The summed E-state index contributed by atoms with van der Waals surface area (Å²) in [6, 6.07) is 5.24. The normalized spacial score (nSPS) is 13.2. The fourth-order valence-corrected chi connectivity index (χ4v) is 3.89. The summed E-state index contributed by atoms with van der Waals surface area (Å²) in [5, 5.41) is 2.82. The Balaban J connectivity index is 2.23. The fourth-order valence-electron chi connectivity index (χ4n) is 2.89. The molecule has 0 aliphatic heterocycles. The van der Waals surface area contributed by atoms with E-state index in [9.17, 15) is 13.6 Å². The highest BCUT2D eigenvalue weighted by atomic mass is 32.2. The van der Waals surface area contributed by atoms with Crippen molar-refractivity contribution >= 4 is 28.5 Å². The Hall–Kier alpha value is -3.16. The van der Waals surface area contributed by atoms with Crippen molar-refractivity contribution in [2.75, 3.05) is 32.7 Å². The average molecular weight is 463 g/mol. The van der Waals surface area contributed by atoms with E-state index < -0.39 is 22.3 Å². The summed E-state index contributed by atoms with van der Waals surface area (Å²) in [5.74, 6) is 0.0271. The molecule has 0 bridgehead atoms. The lowest BCUT2D eigenvalue weighted by molar-refractivity contribution is 0.102. The number of amidine groups is 1. The van der Waals surface area contributed by atoms with Gasteiger partial charge in [0.05, 0.1) is 12.8 Å². The number of nitrogens with two attached hydrogens (primary N) is 1. The van der Waals surface area contributed by atoms with Crippen LogP contribution in [-0.2, 0) is 11.2 Å². The first-order valence-electron chi connectivity index (χ1n) is 9.43. The van der Waals surface area contributed by atoms with Crippen molar-refractivity contribution in [1.29, 1.82) is 0 Å². The summed E-state index contributed by atoms with van der Waals surface area (Å²) in [7, 11) is 3.04. The molecule has 0 saturated heterocycles. The standard InChI is InChI=1S/C22H24F2N4O3S/c1-5-8-31-16-6-7-18(27-12-16)20(29)28-15-9-14(19(24)17(23)10-15)11-22(2,13-30-4)32-21(25)26-3/h1,6-7,9-10,12H,8,11,13H2,2-4H3,(H2,25,26)(H,28,29)/t22-/m1/s1. The number of nitrogens with zero attached hydrogens (tertiary/aromatic N) is 2. The van der Waals surface area contributed by atoms with Gasteiger partial charge in [-0.3, -0.25) is 9.79 Å². The highest BCUT2D eigenvalue weighted by molar-refractivity contribution is 8.15. The number of pyridine rings is 1. The number of terminal acetylenes is 1. The van der Waals surface area contributed by atoms with Gasteiger partial charge in [0.1, 0.15) is 18.1 Å². The Labute approximate surface area is 189 Å². The zero-order chi connectivity index (χ0) is 23.7. The third-order valence-electron chi connectivity index (χ3n) is 4.24. The van der Waals surface area contributed by atoms with Crippen LogP contribution < -0.4 is 15.8 Å². The van der Waals surface area contributed by atoms with Gasteiger partial charge in [-0.15, -0.1) is 6.42 Å². The first-order valence-corrected chi connectivity index (χ1v) is 10.2. The zero-order valence-electron chi connectivity index (χ0n) is 17.9. The zero-order valence-corrected chi connectivity index (χ0v) is 18.8. The molecule has 0 aliphatic rings. The van der Waals surface area contributed by atoms with E-state index in [0.29, 0.717) is 5.75 Å². The number of anilines is 1. The molecule has 0 saturated carbocycles. The highest BCUT2D eigenvalue weighted by Crippen LogP contribution is 2.32. The van der Waals surface area contributed by atoms with E-state index in [-0.39, 0.29) is 41.7 Å². The van der Waals surface area contributed by atoms with Crippen LogP contribution >= 0.6 is 11.8 Å². The number of benzene rings is 1. The third kappa shape index (κ3) is 6.93. The highest BCUT2D eigenvalue weighted by Gasteiger charge is 2.29. The number of aromatic nitrogens is 1. The van der Waals surface area contributed by atoms with Gasteiger partial charge in [0.15, 0.2) is 16.8 Å². The van der Waals surface area contributed by atoms with E-state index in [1.807, 2.05) is 0 Å². The minimum absolute atomic E-state index is 0.0576. The molecule has 10 heteroatoms. The third-order valence-corrected chi connectivity index (χ3v) is 5.38. The molecule has 0 aliphatic carbocycles. The fraction of sp³-hybridized carbons (Fsp3) is 0.318. The van der Waals surface area contributed by atoms with Gasteiger partial charge < -0.3 is 20.5 Å². The Morgan fingerprint density at radius 1 is 1.41 bits per heavy atom. The van der Waals surface area contributed by atoms with Crippen molar-refractivity contribution in [3.05, 3.63) is 53.4 Å². The second kappa shape index (κ2) is 11.5. The summed E-state index contributed by atoms with van der Waals surface area (Å²) in [5.41, 5.74) is 6.02. The Bertz CT molecular complexity index is 1030. The average Bonchev–Trinajstić information content (AvgIpc) is 2.75. The van der Waals surface area contributed by atoms with E-state index in [4.69, 9.17) is 21.6 Å². The van der Waals surface area contributed by atoms with Crippen LogP contribution in [0.5, 0.6) is 5.75 Å². The lowest BCUT2D eigenvalue weighted by atomic mass is 9.99. The summed E-state index contributed by atoms with van der Waals surface area (Å²) in [6.45, 7) is 2.08. The van der Waals surface area contributed by atoms with Gasteiger partial charge in [0, 0.05) is 30.7 Å². The number of carbonyl (C=O) groups excluding carboxylic acids is 1. The molecule has 2 aromatic rings. The van der Waals surface area contributed by atoms with Gasteiger partial charge in [-0.05, 0) is 37.1 Å². The predicted molar refractivity (Wildman–Crippen MR) is 122 cm³/mol. The lowest BCUT2D eigenvalue weighted by Crippen LogP contribution is -2.33. The summed E-state index contributed by atoms with van der Waals surface area (Å²) in [6.07, 6.45) is 6.54. The number of rotatable bonds is 9. The number of carbonyl (C=O) groups is 1. The van der Waals surface area contributed by atoms with Crippen molar-refractivity contribution in [2.45, 2.75) is 18.1 Å². The van der Waals surface area contributed by atoms with Gasteiger partial charge in [-0.25, -0.2) is 13.8 Å². The number of methoxy groups -OCH3 is 1. The first-order chi connectivity index (χ1) is 15.2. The summed E-state index contributed by atoms with van der Waals surface area (Å²) >= 11 is 1.20. The van der Waals surface area contributed by atoms with Crippen LogP contribution in [0.25, 0.3) is 0 Å². The van der Waals surface area contributed by atoms with Gasteiger partial charge in [-0.1, -0.05) is 17.7 Å². The van der Waals surface area contributed by atoms with Crippen LogP contribution in [0.4, 0.5) is 14.5 Å². The van der Waals surface area contributed by atoms with E-state index in [0.717, 1.165) is 6.07 Å². The minimum Gasteiger partial charge on any atom is -0.479 e. The molecule has 7 nitrogen and oxygen atoms in total. The molecule has 1 amide bonds. The van der Waals surface area contributed by atoms with Crippen LogP contribution in [-0.4, -0.2) is 48.2 Å². The Morgan fingerprint density at radius 3 is 2.75 bits per heavy atom. The lowest BCUT2D eigenvalue weighted by Gasteiger charge is -2.28. The number of hydrogen-bond acceptors (Lipinski definition) is 6. The van der Waals surface area contributed by atoms with Gasteiger partial charge in [0.2, 0.25) is 0 Å². The molecule has 0 spiro atoms. The monoisotopic (exact) mass is 462 g/mol.